The third-order valence-corrected chi connectivity index (χ3v) is 3.61. The highest BCUT2D eigenvalue weighted by Crippen LogP contribution is 2.26. The number of thioether (sulfide) groups is 1. The van der Waals surface area contributed by atoms with Crippen molar-refractivity contribution in [2.45, 2.75) is 37.4 Å². The Morgan fingerprint density at radius 3 is 2.44 bits per heavy atom. The second kappa shape index (κ2) is 7.53. The second-order valence-corrected chi connectivity index (χ2v) is 4.75. The Bertz CT molecular complexity index is 308. The molecule has 0 fully saturated rings. The van der Waals surface area contributed by atoms with Gasteiger partial charge in [-0.1, -0.05) is 56.3 Å². The molecule has 0 radical (unpaired) electrons. The first-order valence-corrected chi connectivity index (χ1v) is 6.91. The molecule has 0 aliphatic heterocycles. The predicted molar refractivity (Wildman–Crippen MR) is 72.6 cm³/mol. The molecule has 2 rings (SSSR count). The van der Waals surface area contributed by atoms with Crippen LogP contribution in [0.2, 0.25) is 0 Å². The minimum Gasteiger partial charge on any atom is -0.389 e. The normalized spacial score (nSPS) is 22.7. The lowest BCUT2D eigenvalue weighted by Gasteiger charge is -2.08. The smallest absolute Gasteiger partial charge is 0.0734 e. The van der Waals surface area contributed by atoms with Gasteiger partial charge in [-0.05, 0) is 12.0 Å². The zero-order valence-corrected chi connectivity index (χ0v) is 10.8. The molecule has 1 aromatic carbocycles. The van der Waals surface area contributed by atoms with E-state index in [0.29, 0.717) is 5.25 Å². The van der Waals surface area contributed by atoms with Crippen LogP contribution in [0.4, 0.5) is 0 Å². The number of hydrogen-bond donors (Lipinski definition) is 1. The van der Waals surface area contributed by atoms with E-state index >= 15 is 0 Å². The van der Waals surface area contributed by atoms with Gasteiger partial charge in [-0.3, -0.25) is 0 Å². The molecule has 1 aliphatic carbocycles. The quantitative estimate of drug-likeness (QED) is 0.809. The molecule has 0 heterocycles. The lowest BCUT2D eigenvalue weighted by molar-refractivity contribution is 0.224. The second-order valence-electron chi connectivity index (χ2n) is 3.52. The Hall–Kier alpha value is -0.730. The third kappa shape index (κ3) is 4.42. The van der Waals surface area contributed by atoms with Crippen molar-refractivity contribution >= 4 is 11.8 Å². The van der Waals surface area contributed by atoms with Gasteiger partial charge in [0.1, 0.15) is 0 Å². The van der Waals surface area contributed by atoms with Gasteiger partial charge < -0.3 is 5.11 Å². The summed E-state index contributed by atoms with van der Waals surface area (Å²) in [5.74, 6) is 1.03. The summed E-state index contributed by atoms with van der Waals surface area (Å²) in [4.78, 5) is 0. The Morgan fingerprint density at radius 2 is 1.88 bits per heavy atom. The van der Waals surface area contributed by atoms with Crippen molar-refractivity contribution in [1.29, 1.82) is 0 Å². The van der Waals surface area contributed by atoms with Gasteiger partial charge in [0, 0.05) is 11.0 Å². The Morgan fingerprint density at radius 1 is 1.19 bits per heavy atom. The van der Waals surface area contributed by atoms with Crippen LogP contribution in [0.1, 0.15) is 25.8 Å². The molecule has 88 valence electrons. The van der Waals surface area contributed by atoms with Crippen molar-refractivity contribution in [2.24, 2.45) is 0 Å². The van der Waals surface area contributed by atoms with Crippen molar-refractivity contribution in [3.63, 3.8) is 0 Å². The van der Waals surface area contributed by atoms with Crippen LogP contribution < -0.4 is 0 Å². The summed E-state index contributed by atoms with van der Waals surface area (Å²) in [6, 6.07) is 10.4. The van der Waals surface area contributed by atoms with Crippen molar-refractivity contribution in [3.8, 4) is 0 Å². The largest absolute Gasteiger partial charge is 0.389 e. The fourth-order valence-electron chi connectivity index (χ4n) is 1.55. The summed E-state index contributed by atoms with van der Waals surface area (Å²) in [6.07, 6.45) is 4.65. The molecular formula is C14H20OS. The van der Waals surface area contributed by atoms with Gasteiger partial charge in [0.2, 0.25) is 0 Å². The van der Waals surface area contributed by atoms with Crippen molar-refractivity contribution in [2.75, 3.05) is 0 Å². The maximum atomic E-state index is 9.30. The molecule has 0 spiro atoms. The first-order chi connectivity index (χ1) is 7.84. The first-order valence-electron chi connectivity index (χ1n) is 5.86. The van der Waals surface area contributed by atoms with Gasteiger partial charge in [0.15, 0.2) is 0 Å². The molecule has 1 aliphatic rings. The van der Waals surface area contributed by atoms with E-state index in [-0.39, 0.29) is 6.10 Å². The Balaban J connectivity index is 0.000000606. The van der Waals surface area contributed by atoms with Crippen LogP contribution in [-0.4, -0.2) is 16.5 Å². The summed E-state index contributed by atoms with van der Waals surface area (Å²) in [5, 5.41) is 9.79. The van der Waals surface area contributed by atoms with E-state index < -0.39 is 0 Å². The minimum absolute atomic E-state index is 0.219. The number of aliphatic hydroxyl groups is 1. The average molecular weight is 236 g/mol. The molecule has 1 aromatic rings. The van der Waals surface area contributed by atoms with Crippen LogP contribution in [0.15, 0.2) is 42.5 Å². The van der Waals surface area contributed by atoms with Crippen LogP contribution in [0.5, 0.6) is 0 Å². The molecule has 2 heteroatoms. The fourth-order valence-corrected chi connectivity index (χ4v) is 2.68. The number of hydrogen-bond acceptors (Lipinski definition) is 2. The van der Waals surface area contributed by atoms with Crippen LogP contribution in [-0.2, 0) is 5.75 Å². The van der Waals surface area contributed by atoms with E-state index in [1.807, 2.05) is 37.8 Å². The Labute approximate surface area is 103 Å². The predicted octanol–water partition coefficient (Wildman–Crippen LogP) is 3.64. The molecule has 1 nitrogen and oxygen atoms in total. The van der Waals surface area contributed by atoms with Gasteiger partial charge in [0.05, 0.1) is 6.10 Å². The van der Waals surface area contributed by atoms with Crippen LogP contribution in [0.3, 0.4) is 0 Å². The highest BCUT2D eigenvalue weighted by Gasteiger charge is 2.16. The van der Waals surface area contributed by atoms with Crippen molar-refractivity contribution < 1.29 is 5.11 Å². The molecule has 2 atom stereocenters. The highest BCUT2D eigenvalue weighted by atomic mass is 32.2. The summed E-state index contributed by atoms with van der Waals surface area (Å²) in [7, 11) is 0. The molecule has 16 heavy (non-hydrogen) atoms. The number of aliphatic hydroxyl groups excluding tert-OH is 1. The zero-order valence-electron chi connectivity index (χ0n) is 9.97. The summed E-state index contributed by atoms with van der Waals surface area (Å²) in [6.45, 7) is 4.00. The highest BCUT2D eigenvalue weighted by molar-refractivity contribution is 7.99. The lowest BCUT2D eigenvalue weighted by Crippen LogP contribution is -2.03. The van der Waals surface area contributed by atoms with Crippen molar-refractivity contribution in [1.82, 2.24) is 0 Å². The minimum atomic E-state index is -0.219. The maximum Gasteiger partial charge on any atom is 0.0734 e. The maximum absolute atomic E-state index is 9.30. The van der Waals surface area contributed by atoms with Gasteiger partial charge >= 0.3 is 0 Å². The monoisotopic (exact) mass is 236 g/mol. The average Bonchev–Trinajstić information content (AvgIpc) is 2.77. The van der Waals surface area contributed by atoms with Crippen LogP contribution >= 0.6 is 11.8 Å². The molecule has 0 aromatic heterocycles. The lowest BCUT2D eigenvalue weighted by atomic mass is 10.2. The van der Waals surface area contributed by atoms with E-state index in [0.717, 1.165) is 12.2 Å². The molecule has 0 amide bonds. The molecule has 0 saturated heterocycles. The molecular weight excluding hydrogens is 216 g/mol. The number of benzene rings is 1. The third-order valence-electron chi connectivity index (χ3n) is 2.33. The van der Waals surface area contributed by atoms with E-state index in [4.69, 9.17) is 0 Å². The van der Waals surface area contributed by atoms with Crippen molar-refractivity contribution in [3.05, 3.63) is 48.0 Å². The van der Waals surface area contributed by atoms with Crippen LogP contribution in [0, 0.1) is 0 Å². The van der Waals surface area contributed by atoms with E-state index in [2.05, 4.69) is 30.3 Å². The summed E-state index contributed by atoms with van der Waals surface area (Å²) < 4.78 is 0. The topological polar surface area (TPSA) is 20.2 Å². The van der Waals surface area contributed by atoms with Gasteiger partial charge in [-0.15, -0.1) is 11.8 Å². The first kappa shape index (κ1) is 13.3. The van der Waals surface area contributed by atoms with E-state index in [1.165, 1.54) is 5.56 Å². The SMILES string of the molecule is CC.OC1C=CC(SCc2ccccc2)C1. The van der Waals surface area contributed by atoms with Gasteiger partial charge in [-0.25, -0.2) is 0 Å². The van der Waals surface area contributed by atoms with Gasteiger partial charge in [0.25, 0.3) is 0 Å². The van der Waals surface area contributed by atoms with E-state index in [9.17, 15) is 5.11 Å². The molecule has 0 saturated carbocycles. The number of rotatable bonds is 3. The standard InChI is InChI=1S/C12H14OS.C2H6/c13-11-6-7-12(8-11)14-9-10-4-2-1-3-5-10;1-2/h1-7,11-13H,8-9H2;1-2H3. The van der Waals surface area contributed by atoms with Crippen LogP contribution in [0.25, 0.3) is 0 Å². The molecule has 2 unspecified atom stereocenters. The zero-order chi connectivity index (χ0) is 11.8. The van der Waals surface area contributed by atoms with E-state index in [1.54, 1.807) is 0 Å². The summed E-state index contributed by atoms with van der Waals surface area (Å²) >= 11 is 1.89. The molecule has 0 bridgehead atoms. The fraction of sp³-hybridized carbons (Fsp3) is 0.429. The molecule has 1 N–H and O–H groups in total. The van der Waals surface area contributed by atoms with Gasteiger partial charge in [-0.2, -0.15) is 0 Å². The summed E-state index contributed by atoms with van der Waals surface area (Å²) in [5.41, 5.74) is 1.35. The Kier molecular flexibility index (Phi) is 6.27.